The Balaban J connectivity index is 0.000000125. The van der Waals surface area contributed by atoms with Crippen molar-refractivity contribution in [1.29, 1.82) is 0 Å². The van der Waals surface area contributed by atoms with Gasteiger partial charge in [0.25, 0.3) is 0 Å². The maximum atomic E-state index is 12.1. The van der Waals surface area contributed by atoms with E-state index in [0.717, 1.165) is 68.6 Å². The van der Waals surface area contributed by atoms with Gasteiger partial charge in [-0.2, -0.15) is 0 Å². The lowest BCUT2D eigenvalue weighted by Crippen LogP contribution is -2.60. The van der Waals surface area contributed by atoms with Crippen LogP contribution in [0.2, 0.25) is 0 Å². The quantitative estimate of drug-likeness (QED) is 0.137. The van der Waals surface area contributed by atoms with E-state index in [0.29, 0.717) is 30.8 Å². The van der Waals surface area contributed by atoms with Crippen molar-refractivity contribution in [2.75, 3.05) is 6.79 Å². The predicted molar refractivity (Wildman–Crippen MR) is 196 cm³/mol. The van der Waals surface area contributed by atoms with Crippen molar-refractivity contribution >= 4 is 23.9 Å². The lowest BCUT2D eigenvalue weighted by molar-refractivity contribution is -0.222. The first-order valence-corrected chi connectivity index (χ1v) is 21.5. The molecule has 10 bridgehead atoms. The third kappa shape index (κ3) is 8.11. The van der Waals surface area contributed by atoms with Crippen LogP contribution in [-0.2, 0) is 47.6 Å². The Bertz CT molecular complexity index is 1350. The molecule has 8 saturated carbocycles. The van der Waals surface area contributed by atoms with E-state index in [1.54, 1.807) is 0 Å². The van der Waals surface area contributed by atoms with Gasteiger partial charge in [0.1, 0.15) is 11.7 Å². The van der Waals surface area contributed by atoms with Gasteiger partial charge in [-0.1, -0.05) is 41.5 Å². The molecule has 0 aromatic carbocycles. The van der Waals surface area contributed by atoms with Crippen molar-refractivity contribution < 1.29 is 52.7 Å². The zero-order valence-corrected chi connectivity index (χ0v) is 33.5. The summed E-state index contributed by atoms with van der Waals surface area (Å²) in [5, 5.41) is 10.6. The Labute approximate surface area is 321 Å². The monoisotopic (exact) mass is 758 g/mol. The molecule has 3 aliphatic heterocycles. The summed E-state index contributed by atoms with van der Waals surface area (Å²) in [4.78, 5) is 46.9. The zero-order valence-electron chi connectivity index (χ0n) is 33.5. The molecule has 0 aromatic heterocycles. The minimum atomic E-state index is -0.542. The molecular weight excluding hydrogens is 692 g/mol. The number of hydrogen-bond donors (Lipinski definition) is 1. The van der Waals surface area contributed by atoms with Crippen LogP contribution >= 0.6 is 0 Å². The average Bonchev–Trinajstić information content (AvgIpc) is 3.76. The number of rotatable bonds is 11. The maximum Gasteiger partial charge on any atom is 0.312 e. The smallest absolute Gasteiger partial charge is 0.312 e. The lowest BCUT2D eigenvalue weighted by Gasteiger charge is -2.59. The molecule has 11 heteroatoms. The van der Waals surface area contributed by atoms with Crippen LogP contribution in [0.15, 0.2) is 0 Å². The molecule has 304 valence electrons. The highest BCUT2D eigenvalue weighted by atomic mass is 16.7. The average molecular weight is 759 g/mol. The number of esters is 4. The SMILES string of the molecule is CCC(C)C(=O)OC12CC3CC(CC(O)(C3)C1)C2.CCC(C)C(=O)OC1C2CC3C(=O)OC1C3O2.CCC(C)C(=O)OCOC1C2CC3CC(C2)CC1C3. The molecule has 3 heterocycles. The molecule has 11 rings (SSSR count). The van der Waals surface area contributed by atoms with Crippen LogP contribution in [0.1, 0.15) is 138 Å². The minimum absolute atomic E-state index is 0.0119. The number of fused-ring (bicyclic) bond motifs is 1. The number of aliphatic hydroxyl groups is 1. The highest BCUT2D eigenvalue weighted by Crippen LogP contribution is 2.59. The maximum absolute atomic E-state index is 12.1. The van der Waals surface area contributed by atoms with Crippen LogP contribution in [0, 0.1) is 59.2 Å². The van der Waals surface area contributed by atoms with Crippen molar-refractivity contribution in [1.82, 2.24) is 0 Å². The van der Waals surface area contributed by atoms with Gasteiger partial charge in [-0.05, 0) is 125 Å². The summed E-state index contributed by atoms with van der Waals surface area (Å²) in [6.07, 6.45) is 14.8. The standard InChI is InChI=1S/C16H26O3.C15H24O3.C12H16O5/c1-3-10(2)16(17)19-9-18-15-13-5-11-4-12(7-13)8-14(15)6-11;1-3-10(2)13(16)18-15-7-11-4-12(8-15)6-14(17,5-11)9-15;1-3-5(2)11(13)16-9-7-4-6-8(15-7)10(9)17-12(6)14/h10-15H,3-9H2,1-2H3;10-12,17H,3-9H2,1-2H3;5-10H,3-4H2,1-2H3. The molecule has 11 aliphatic rings. The van der Waals surface area contributed by atoms with Crippen molar-refractivity contribution in [2.45, 2.75) is 180 Å². The molecule has 8 aliphatic carbocycles. The van der Waals surface area contributed by atoms with E-state index in [9.17, 15) is 24.3 Å². The Hall–Kier alpha value is -2.24. The number of ether oxygens (including phenoxy) is 6. The number of carbonyl (C=O) groups is 4. The van der Waals surface area contributed by atoms with Crippen LogP contribution in [-0.4, -0.2) is 77.5 Å². The van der Waals surface area contributed by atoms with Crippen LogP contribution in [0.5, 0.6) is 0 Å². The molecule has 54 heavy (non-hydrogen) atoms. The summed E-state index contributed by atoms with van der Waals surface area (Å²) < 4.78 is 33.3. The third-order valence-electron chi connectivity index (χ3n) is 15.0. The van der Waals surface area contributed by atoms with E-state index in [1.807, 2.05) is 41.5 Å². The third-order valence-corrected chi connectivity index (χ3v) is 15.0. The molecule has 1 N–H and O–H groups in total. The second-order valence-electron chi connectivity index (χ2n) is 19.1. The number of hydrogen-bond acceptors (Lipinski definition) is 11. The van der Waals surface area contributed by atoms with E-state index in [2.05, 4.69) is 0 Å². The highest BCUT2D eigenvalue weighted by Gasteiger charge is 2.65. The van der Waals surface area contributed by atoms with Gasteiger partial charge in [-0.25, -0.2) is 0 Å². The second kappa shape index (κ2) is 16.0. The van der Waals surface area contributed by atoms with Crippen LogP contribution in [0.25, 0.3) is 0 Å². The second-order valence-corrected chi connectivity index (χ2v) is 19.1. The van der Waals surface area contributed by atoms with Gasteiger partial charge in [0.15, 0.2) is 19.0 Å². The Kier molecular flexibility index (Phi) is 11.8. The van der Waals surface area contributed by atoms with Gasteiger partial charge >= 0.3 is 23.9 Å². The summed E-state index contributed by atoms with van der Waals surface area (Å²) in [5.41, 5.74) is -0.876. The molecule has 11 fully saturated rings. The van der Waals surface area contributed by atoms with Gasteiger partial charge < -0.3 is 33.5 Å². The first-order chi connectivity index (χ1) is 25.7. The van der Waals surface area contributed by atoms with Gasteiger partial charge in [-0.15, -0.1) is 0 Å². The zero-order chi connectivity index (χ0) is 38.5. The van der Waals surface area contributed by atoms with Gasteiger partial charge in [0.2, 0.25) is 0 Å². The minimum Gasteiger partial charge on any atom is -0.459 e. The summed E-state index contributed by atoms with van der Waals surface area (Å²) >= 11 is 0. The van der Waals surface area contributed by atoms with Gasteiger partial charge in [0.05, 0.1) is 41.5 Å². The van der Waals surface area contributed by atoms with Crippen molar-refractivity contribution in [3.8, 4) is 0 Å². The van der Waals surface area contributed by atoms with E-state index >= 15 is 0 Å². The predicted octanol–water partition coefficient (Wildman–Crippen LogP) is 6.69. The fraction of sp³-hybridized carbons (Fsp3) is 0.907. The number of carbonyl (C=O) groups excluding carboxylic acids is 4. The summed E-state index contributed by atoms with van der Waals surface area (Å²) in [6, 6.07) is 0. The van der Waals surface area contributed by atoms with Crippen molar-refractivity contribution in [2.24, 2.45) is 59.2 Å². The Morgan fingerprint density at radius 3 is 1.85 bits per heavy atom. The molecular formula is C43H66O11. The van der Waals surface area contributed by atoms with Crippen molar-refractivity contribution in [3.63, 3.8) is 0 Å². The van der Waals surface area contributed by atoms with E-state index in [4.69, 9.17) is 28.4 Å². The fourth-order valence-corrected chi connectivity index (χ4v) is 12.2. The molecule has 10 unspecified atom stereocenters. The molecule has 0 aromatic rings. The van der Waals surface area contributed by atoms with Gasteiger partial charge in [-0.3, -0.25) is 19.2 Å². The van der Waals surface area contributed by atoms with Crippen LogP contribution in [0.3, 0.4) is 0 Å². The summed E-state index contributed by atoms with van der Waals surface area (Å²) in [5.74, 6) is 3.63. The van der Waals surface area contributed by atoms with Crippen LogP contribution in [0.4, 0.5) is 0 Å². The summed E-state index contributed by atoms with van der Waals surface area (Å²) in [6.45, 7) is 11.8. The van der Waals surface area contributed by atoms with Gasteiger partial charge in [0, 0.05) is 6.42 Å². The fourth-order valence-electron chi connectivity index (χ4n) is 12.2. The van der Waals surface area contributed by atoms with E-state index in [-0.39, 0.29) is 78.3 Å². The molecule has 0 radical (unpaired) electrons. The van der Waals surface area contributed by atoms with E-state index in [1.165, 1.54) is 38.5 Å². The normalized spacial score (nSPS) is 43.9. The van der Waals surface area contributed by atoms with E-state index < -0.39 is 11.7 Å². The largest absolute Gasteiger partial charge is 0.459 e. The molecule has 10 atom stereocenters. The lowest BCUT2D eigenvalue weighted by atomic mass is 9.52. The molecule has 0 spiro atoms. The first-order valence-electron chi connectivity index (χ1n) is 21.5. The Morgan fingerprint density at radius 2 is 1.28 bits per heavy atom. The highest BCUT2D eigenvalue weighted by molar-refractivity contribution is 5.78. The molecule has 0 amide bonds. The first kappa shape index (κ1) is 40.0. The van der Waals surface area contributed by atoms with Crippen LogP contribution < -0.4 is 0 Å². The van der Waals surface area contributed by atoms with Crippen molar-refractivity contribution in [3.05, 3.63) is 0 Å². The molecule has 3 saturated heterocycles. The topological polar surface area (TPSA) is 144 Å². The molecule has 11 nitrogen and oxygen atoms in total. The Morgan fingerprint density at radius 1 is 0.722 bits per heavy atom. The summed E-state index contributed by atoms with van der Waals surface area (Å²) in [7, 11) is 0.